The van der Waals surface area contributed by atoms with Gasteiger partial charge in [0.25, 0.3) is 5.91 Å². The highest BCUT2D eigenvalue weighted by Gasteiger charge is 2.36. The average molecular weight is 327 g/mol. The largest absolute Gasteiger partial charge is 0.493 e. The van der Waals surface area contributed by atoms with Crippen molar-refractivity contribution in [3.05, 3.63) is 47.3 Å². The van der Waals surface area contributed by atoms with E-state index in [1.54, 1.807) is 16.9 Å². The van der Waals surface area contributed by atoms with Gasteiger partial charge in [-0.3, -0.25) is 9.48 Å². The molecule has 2 N–H and O–H groups in total. The second-order valence-corrected chi connectivity index (χ2v) is 6.70. The lowest BCUT2D eigenvalue weighted by Gasteiger charge is -2.37. The maximum Gasteiger partial charge on any atom is 0.251 e. The summed E-state index contributed by atoms with van der Waals surface area (Å²) in [5.41, 5.74) is 2.71. The smallest absolute Gasteiger partial charge is 0.251 e. The molecule has 0 unspecified atom stereocenters. The number of amides is 1. The van der Waals surface area contributed by atoms with Gasteiger partial charge in [-0.1, -0.05) is 0 Å². The normalized spacial score (nSPS) is 23.1. The van der Waals surface area contributed by atoms with Gasteiger partial charge in [0.05, 0.1) is 24.9 Å². The van der Waals surface area contributed by atoms with Gasteiger partial charge >= 0.3 is 0 Å². The number of carbonyl (C=O) groups is 1. The highest BCUT2D eigenvalue weighted by molar-refractivity contribution is 5.95. The van der Waals surface area contributed by atoms with Gasteiger partial charge < -0.3 is 15.2 Å². The van der Waals surface area contributed by atoms with Gasteiger partial charge in [0.15, 0.2) is 0 Å². The van der Waals surface area contributed by atoms with Crippen LogP contribution < -0.4 is 10.1 Å². The van der Waals surface area contributed by atoms with E-state index in [2.05, 4.69) is 10.4 Å². The molecule has 1 aromatic heterocycles. The lowest BCUT2D eigenvalue weighted by atomic mass is 9.75. The number of carbonyl (C=O) groups excluding carboxylic acids is 1. The van der Waals surface area contributed by atoms with Crippen molar-refractivity contribution in [2.75, 3.05) is 6.61 Å². The summed E-state index contributed by atoms with van der Waals surface area (Å²) in [5, 5.41) is 17.0. The molecule has 0 bridgehead atoms. The molecule has 2 aliphatic rings. The molecule has 4 rings (SSSR count). The van der Waals surface area contributed by atoms with Crippen molar-refractivity contribution in [3.8, 4) is 5.75 Å². The van der Waals surface area contributed by atoms with Gasteiger partial charge in [-0.25, -0.2) is 0 Å². The summed E-state index contributed by atoms with van der Waals surface area (Å²) in [5.74, 6) is 1.02. The quantitative estimate of drug-likeness (QED) is 0.894. The molecule has 126 valence electrons. The molecule has 24 heavy (non-hydrogen) atoms. The van der Waals surface area contributed by atoms with Crippen LogP contribution in [0.1, 0.15) is 40.4 Å². The number of fused-ring (bicyclic) bond motifs is 1. The van der Waals surface area contributed by atoms with Crippen LogP contribution in [0.3, 0.4) is 0 Å². The Bertz CT molecular complexity index is 765. The second-order valence-electron chi connectivity index (χ2n) is 6.70. The maximum atomic E-state index is 12.7. The Kier molecular flexibility index (Phi) is 3.76. The molecular weight excluding hydrogens is 306 g/mol. The third-order valence-corrected chi connectivity index (χ3v) is 4.94. The average Bonchev–Trinajstić information content (AvgIpc) is 3.17. The van der Waals surface area contributed by atoms with E-state index < -0.39 is 0 Å². The second kappa shape index (κ2) is 5.94. The first-order valence-electron chi connectivity index (χ1n) is 8.33. The number of aliphatic hydroxyl groups excluding tert-OH is 1. The van der Waals surface area contributed by atoms with Crippen LogP contribution >= 0.6 is 0 Å². The first-order chi connectivity index (χ1) is 11.6. The van der Waals surface area contributed by atoms with Crippen LogP contribution in [0.4, 0.5) is 0 Å². The van der Waals surface area contributed by atoms with E-state index in [1.165, 1.54) is 0 Å². The van der Waals surface area contributed by atoms with E-state index in [0.717, 1.165) is 23.3 Å². The van der Waals surface area contributed by atoms with Crippen LogP contribution in [0.2, 0.25) is 0 Å². The minimum Gasteiger partial charge on any atom is -0.493 e. The fourth-order valence-electron chi connectivity index (χ4n) is 3.53. The molecule has 2 heterocycles. The number of aryl methyl sites for hydroxylation is 1. The minimum absolute atomic E-state index is 0.0973. The standard InChI is InChI=1S/C18H21N3O3/c1-21-10-14(9-19-21)17(13-7-15(22)8-13)20-18(23)12-2-3-16-11(6-12)4-5-24-16/h2-3,6,9-10,13,15,17,22H,4-5,7-8H2,1H3,(H,20,23)/t13?,15?,17-/m0/s1. The molecule has 1 aliphatic carbocycles. The van der Waals surface area contributed by atoms with E-state index in [-0.39, 0.29) is 24.0 Å². The predicted molar refractivity (Wildman–Crippen MR) is 87.8 cm³/mol. The van der Waals surface area contributed by atoms with E-state index in [9.17, 15) is 9.90 Å². The number of hydrogen-bond donors (Lipinski definition) is 2. The summed E-state index contributed by atoms with van der Waals surface area (Å²) in [6.07, 6.45) is 5.70. The summed E-state index contributed by atoms with van der Waals surface area (Å²) >= 11 is 0. The fourth-order valence-corrected chi connectivity index (χ4v) is 3.53. The van der Waals surface area contributed by atoms with E-state index >= 15 is 0 Å². The number of benzene rings is 1. The molecule has 1 saturated carbocycles. The van der Waals surface area contributed by atoms with Crippen LogP contribution in [0, 0.1) is 5.92 Å². The Morgan fingerprint density at radius 2 is 2.29 bits per heavy atom. The van der Waals surface area contributed by atoms with Crippen molar-refractivity contribution in [2.45, 2.75) is 31.4 Å². The molecule has 1 aromatic carbocycles. The van der Waals surface area contributed by atoms with Crippen molar-refractivity contribution in [2.24, 2.45) is 13.0 Å². The topological polar surface area (TPSA) is 76.4 Å². The molecule has 6 heteroatoms. The first kappa shape index (κ1) is 15.2. The molecule has 2 aromatic rings. The zero-order valence-corrected chi connectivity index (χ0v) is 13.6. The van der Waals surface area contributed by atoms with Crippen molar-refractivity contribution in [1.82, 2.24) is 15.1 Å². The Morgan fingerprint density at radius 3 is 3.00 bits per heavy atom. The lowest BCUT2D eigenvalue weighted by molar-refractivity contribution is 0.0235. The number of rotatable bonds is 4. The zero-order chi connectivity index (χ0) is 16.7. The van der Waals surface area contributed by atoms with Crippen molar-refractivity contribution >= 4 is 5.91 Å². The number of ether oxygens (including phenoxy) is 1. The maximum absolute atomic E-state index is 12.7. The van der Waals surface area contributed by atoms with Crippen molar-refractivity contribution in [3.63, 3.8) is 0 Å². The van der Waals surface area contributed by atoms with E-state index in [1.807, 2.05) is 25.4 Å². The van der Waals surface area contributed by atoms with Gasteiger partial charge in [0.1, 0.15) is 5.75 Å². The highest BCUT2D eigenvalue weighted by atomic mass is 16.5. The number of hydrogen-bond acceptors (Lipinski definition) is 4. The van der Waals surface area contributed by atoms with Crippen LogP contribution in [0.5, 0.6) is 5.75 Å². The molecule has 0 saturated heterocycles. The van der Waals surface area contributed by atoms with Crippen molar-refractivity contribution in [1.29, 1.82) is 0 Å². The van der Waals surface area contributed by atoms with Crippen LogP contribution in [0.25, 0.3) is 0 Å². The molecular formula is C18H21N3O3. The van der Waals surface area contributed by atoms with Crippen LogP contribution in [0.15, 0.2) is 30.6 Å². The predicted octanol–water partition coefficient (Wildman–Crippen LogP) is 1.60. The first-order valence-corrected chi connectivity index (χ1v) is 8.33. The molecule has 1 aliphatic heterocycles. The molecule has 0 radical (unpaired) electrons. The Balaban J connectivity index is 1.54. The summed E-state index contributed by atoms with van der Waals surface area (Å²) in [7, 11) is 1.86. The van der Waals surface area contributed by atoms with Gasteiger partial charge in [-0.15, -0.1) is 0 Å². The van der Waals surface area contributed by atoms with Gasteiger partial charge in [-0.05, 0) is 42.5 Å². The zero-order valence-electron chi connectivity index (χ0n) is 13.6. The number of aliphatic hydroxyl groups is 1. The Morgan fingerprint density at radius 1 is 1.46 bits per heavy atom. The minimum atomic E-state index is -0.261. The summed E-state index contributed by atoms with van der Waals surface area (Å²) in [6, 6.07) is 5.45. The Labute approximate surface area is 140 Å². The fraction of sp³-hybridized carbons (Fsp3) is 0.444. The third-order valence-electron chi connectivity index (χ3n) is 4.94. The molecule has 6 nitrogen and oxygen atoms in total. The van der Waals surface area contributed by atoms with Crippen LogP contribution in [-0.2, 0) is 13.5 Å². The lowest BCUT2D eigenvalue weighted by Crippen LogP contribution is -2.41. The SMILES string of the molecule is Cn1cc([C@@H](NC(=O)c2ccc3c(c2)CCO3)C2CC(O)C2)cn1. The number of aromatic nitrogens is 2. The van der Waals surface area contributed by atoms with E-state index in [0.29, 0.717) is 25.0 Å². The molecule has 1 fully saturated rings. The number of nitrogens with zero attached hydrogens (tertiary/aromatic N) is 2. The molecule has 0 spiro atoms. The van der Waals surface area contributed by atoms with Gasteiger partial charge in [-0.2, -0.15) is 5.10 Å². The summed E-state index contributed by atoms with van der Waals surface area (Å²) in [4.78, 5) is 12.7. The molecule has 1 atom stereocenters. The third kappa shape index (κ3) is 2.78. The summed E-state index contributed by atoms with van der Waals surface area (Å²) < 4.78 is 7.22. The Hall–Kier alpha value is -2.34. The van der Waals surface area contributed by atoms with Gasteiger partial charge in [0.2, 0.25) is 0 Å². The number of nitrogens with one attached hydrogen (secondary N) is 1. The highest BCUT2D eigenvalue weighted by Crippen LogP contribution is 2.38. The summed E-state index contributed by atoms with van der Waals surface area (Å²) in [6.45, 7) is 0.679. The van der Waals surface area contributed by atoms with Gasteiger partial charge in [0, 0.05) is 30.8 Å². The monoisotopic (exact) mass is 327 g/mol. The molecule has 1 amide bonds. The van der Waals surface area contributed by atoms with Crippen molar-refractivity contribution < 1.29 is 14.6 Å². The van der Waals surface area contributed by atoms with Crippen LogP contribution in [-0.4, -0.2) is 33.5 Å². The van der Waals surface area contributed by atoms with E-state index in [4.69, 9.17) is 4.74 Å².